The highest BCUT2D eigenvalue weighted by Crippen LogP contribution is 2.28. The molecule has 4 heteroatoms. The van der Waals surface area contributed by atoms with Crippen molar-refractivity contribution in [3.05, 3.63) is 35.4 Å². The second-order valence-corrected chi connectivity index (χ2v) is 5.03. The van der Waals surface area contributed by atoms with Gasteiger partial charge in [-0.3, -0.25) is 9.69 Å². The summed E-state index contributed by atoms with van der Waals surface area (Å²) in [6, 6.07) is 8.34. The summed E-state index contributed by atoms with van der Waals surface area (Å²) in [5.74, 6) is -0.132. The lowest BCUT2D eigenvalue weighted by atomic mass is 9.97. The van der Waals surface area contributed by atoms with E-state index in [0.717, 1.165) is 26.3 Å². The van der Waals surface area contributed by atoms with E-state index >= 15 is 0 Å². The van der Waals surface area contributed by atoms with Crippen molar-refractivity contribution in [1.29, 1.82) is 0 Å². The molecule has 110 valence electrons. The number of morpholine rings is 1. The van der Waals surface area contributed by atoms with Gasteiger partial charge in [-0.05, 0) is 25.0 Å². The second kappa shape index (κ2) is 7.41. The van der Waals surface area contributed by atoms with Crippen molar-refractivity contribution in [1.82, 2.24) is 4.90 Å². The van der Waals surface area contributed by atoms with E-state index in [1.54, 1.807) is 0 Å². The van der Waals surface area contributed by atoms with Gasteiger partial charge in [-0.25, -0.2) is 0 Å². The predicted molar refractivity (Wildman–Crippen MR) is 77.6 cm³/mol. The molecular formula is C16H23NO3. The Morgan fingerprint density at radius 3 is 2.70 bits per heavy atom. The number of rotatable bonds is 5. The summed E-state index contributed by atoms with van der Waals surface area (Å²) in [5, 5.41) is 0. The van der Waals surface area contributed by atoms with E-state index in [-0.39, 0.29) is 12.0 Å². The Bertz CT molecular complexity index is 441. The molecule has 0 radical (unpaired) electrons. The van der Waals surface area contributed by atoms with Gasteiger partial charge >= 0.3 is 5.97 Å². The summed E-state index contributed by atoms with van der Waals surface area (Å²) < 4.78 is 10.5. The molecule has 1 aliphatic heterocycles. The molecule has 1 aromatic carbocycles. The summed E-state index contributed by atoms with van der Waals surface area (Å²) in [5.41, 5.74) is 2.43. The minimum Gasteiger partial charge on any atom is -0.466 e. The maximum absolute atomic E-state index is 11.9. The molecule has 1 aliphatic rings. The van der Waals surface area contributed by atoms with Crippen LogP contribution in [0.15, 0.2) is 24.3 Å². The smallest absolute Gasteiger partial charge is 0.307 e. The lowest BCUT2D eigenvalue weighted by Gasteiger charge is -2.35. The highest BCUT2D eigenvalue weighted by molar-refractivity contribution is 5.70. The zero-order chi connectivity index (χ0) is 14.4. The highest BCUT2D eigenvalue weighted by Gasteiger charge is 2.26. The molecule has 0 bridgehead atoms. The molecule has 4 nitrogen and oxygen atoms in total. The quantitative estimate of drug-likeness (QED) is 0.774. The van der Waals surface area contributed by atoms with E-state index in [1.165, 1.54) is 11.1 Å². The van der Waals surface area contributed by atoms with Crippen LogP contribution in [0.25, 0.3) is 0 Å². The van der Waals surface area contributed by atoms with Gasteiger partial charge in [0.1, 0.15) is 0 Å². The van der Waals surface area contributed by atoms with Crippen molar-refractivity contribution in [2.45, 2.75) is 26.3 Å². The Morgan fingerprint density at radius 1 is 1.35 bits per heavy atom. The van der Waals surface area contributed by atoms with Crippen LogP contribution in [-0.4, -0.2) is 43.8 Å². The summed E-state index contributed by atoms with van der Waals surface area (Å²) >= 11 is 0. The molecule has 0 aromatic heterocycles. The fourth-order valence-corrected chi connectivity index (χ4v) is 2.66. The van der Waals surface area contributed by atoms with Crippen LogP contribution in [0.2, 0.25) is 0 Å². The molecule has 1 aromatic rings. The maximum Gasteiger partial charge on any atom is 0.307 e. The largest absolute Gasteiger partial charge is 0.466 e. The molecule has 0 spiro atoms. The number of hydrogen-bond donors (Lipinski definition) is 0. The molecule has 0 amide bonds. The maximum atomic E-state index is 11.9. The molecule has 1 heterocycles. The fourth-order valence-electron chi connectivity index (χ4n) is 2.66. The second-order valence-electron chi connectivity index (χ2n) is 5.03. The van der Waals surface area contributed by atoms with Crippen molar-refractivity contribution in [3.8, 4) is 0 Å². The molecule has 0 saturated carbocycles. The van der Waals surface area contributed by atoms with Crippen molar-refractivity contribution in [2.24, 2.45) is 0 Å². The van der Waals surface area contributed by atoms with Gasteiger partial charge in [0, 0.05) is 19.1 Å². The Balaban J connectivity index is 2.19. The number of esters is 1. The zero-order valence-corrected chi connectivity index (χ0v) is 12.3. The molecular weight excluding hydrogens is 254 g/mol. The first-order valence-electron chi connectivity index (χ1n) is 7.25. The average molecular weight is 277 g/mol. The van der Waals surface area contributed by atoms with E-state index in [0.29, 0.717) is 13.0 Å². The number of benzene rings is 1. The molecule has 2 rings (SSSR count). The van der Waals surface area contributed by atoms with Crippen molar-refractivity contribution < 1.29 is 14.3 Å². The first-order chi connectivity index (χ1) is 9.72. The van der Waals surface area contributed by atoms with E-state index in [1.807, 2.05) is 19.1 Å². The SMILES string of the molecule is CCOC(=O)CC(c1ccccc1C)N1CCOCC1. The molecule has 1 saturated heterocycles. The normalized spacial score (nSPS) is 17.7. The molecule has 0 aliphatic carbocycles. The van der Waals surface area contributed by atoms with Crippen molar-refractivity contribution in [2.75, 3.05) is 32.9 Å². The topological polar surface area (TPSA) is 38.8 Å². The van der Waals surface area contributed by atoms with Crippen LogP contribution in [0.1, 0.15) is 30.5 Å². The first kappa shape index (κ1) is 15.0. The van der Waals surface area contributed by atoms with Gasteiger partial charge < -0.3 is 9.47 Å². The van der Waals surface area contributed by atoms with E-state index in [4.69, 9.17) is 9.47 Å². The number of carbonyl (C=O) groups is 1. The summed E-state index contributed by atoms with van der Waals surface area (Å²) in [7, 11) is 0. The van der Waals surface area contributed by atoms with Gasteiger partial charge in [-0.2, -0.15) is 0 Å². The standard InChI is InChI=1S/C16H23NO3/c1-3-20-16(18)12-15(17-8-10-19-11-9-17)14-7-5-4-6-13(14)2/h4-7,15H,3,8-12H2,1-2H3. The van der Waals surface area contributed by atoms with E-state index in [2.05, 4.69) is 24.0 Å². The van der Waals surface area contributed by atoms with Crippen molar-refractivity contribution in [3.63, 3.8) is 0 Å². The van der Waals surface area contributed by atoms with Crippen LogP contribution in [0, 0.1) is 6.92 Å². The number of carbonyl (C=O) groups excluding carboxylic acids is 1. The highest BCUT2D eigenvalue weighted by atomic mass is 16.5. The number of ether oxygens (including phenoxy) is 2. The van der Waals surface area contributed by atoms with Crippen molar-refractivity contribution >= 4 is 5.97 Å². The minimum atomic E-state index is -0.132. The van der Waals surface area contributed by atoms with Crippen LogP contribution in [0.4, 0.5) is 0 Å². The molecule has 1 unspecified atom stereocenters. The van der Waals surface area contributed by atoms with Crippen LogP contribution in [-0.2, 0) is 14.3 Å². The summed E-state index contributed by atoms with van der Waals surface area (Å²) in [6.07, 6.45) is 0.401. The van der Waals surface area contributed by atoms with Gasteiger partial charge in [-0.15, -0.1) is 0 Å². The minimum absolute atomic E-state index is 0.0825. The Labute approximate surface area is 120 Å². The average Bonchev–Trinajstić information content (AvgIpc) is 2.47. The van der Waals surface area contributed by atoms with Crippen LogP contribution in [0.3, 0.4) is 0 Å². The van der Waals surface area contributed by atoms with Crippen LogP contribution < -0.4 is 0 Å². The summed E-state index contributed by atoms with van der Waals surface area (Å²) in [6.45, 7) is 7.54. The number of hydrogen-bond acceptors (Lipinski definition) is 4. The Hall–Kier alpha value is -1.39. The lowest BCUT2D eigenvalue weighted by Crippen LogP contribution is -2.40. The third-order valence-electron chi connectivity index (χ3n) is 3.70. The van der Waals surface area contributed by atoms with Crippen LogP contribution >= 0.6 is 0 Å². The number of aryl methyl sites for hydroxylation is 1. The van der Waals surface area contributed by atoms with Gasteiger partial charge in [-0.1, -0.05) is 24.3 Å². The van der Waals surface area contributed by atoms with E-state index in [9.17, 15) is 4.79 Å². The molecule has 20 heavy (non-hydrogen) atoms. The van der Waals surface area contributed by atoms with Gasteiger partial charge in [0.25, 0.3) is 0 Å². The monoisotopic (exact) mass is 277 g/mol. The Morgan fingerprint density at radius 2 is 2.05 bits per heavy atom. The first-order valence-corrected chi connectivity index (χ1v) is 7.25. The predicted octanol–water partition coefficient (Wildman–Crippen LogP) is 2.32. The molecule has 1 fully saturated rings. The van der Waals surface area contributed by atoms with Crippen LogP contribution in [0.5, 0.6) is 0 Å². The van der Waals surface area contributed by atoms with Gasteiger partial charge in [0.05, 0.1) is 26.2 Å². The lowest BCUT2D eigenvalue weighted by molar-refractivity contribution is -0.145. The third-order valence-corrected chi connectivity index (χ3v) is 3.70. The zero-order valence-electron chi connectivity index (χ0n) is 12.3. The van der Waals surface area contributed by atoms with E-state index < -0.39 is 0 Å². The fraction of sp³-hybridized carbons (Fsp3) is 0.562. The number of nitrogens with zero attached hydrogens (tertiary/aromatic N) is 1. The Kier molecular flexibility index (Phi) is 5.56. The van der Waals surface area contributed by atoms with Gasteiger partial charge in [0.15, 0.2) is 0 Å². The molecule has 1 atom stereocenters. The molecule has 0 N–H and O–H groups in total. The van der Waals surface area contributed by atoms with Gasteiger partial charge in [0.2, 0.25) is 0 Å². The third kappa shape index (κ3) is 3.81. The summed E-state index contributed by atoms with van der Waals surface area (Å²) in [4.78, 5) is 14.2.